The van der Waals surface area contributed by atoms with E-state index in [1.165, 1.54) is 0 Å². The van der Waals surface area contributed by atoms with E-state index < -0.39 is 0 Å². The van der Waals surface area contributed by atoms with E-state index >= 15 is 0 Å². The van der Waals surface area contributed by atoms with Gasteiger partial charge in [0.2, 0.25) is 0 Å². The van der Waals surface area contributed by atoms with E-state index in [4.69, 9.17) is 29.0 Å². The fraction of sp³-hybridized carbons (Fsp3) is 0.357. The molecule has 3 N–H and O–H groups in total. The second-order valence-electron chi connectivity index (χ2n) is 4.77. The van der Waals surface area contributed by atoms with Crippen molar-refractivity contribution >= 4 is 39.1 Å². The maximum Gasteiger partial charge on any atom is 0.0850 e. The normalized spacial score (nSPS) is 12.7. The molecule has 21 heavy (non-hydrogen) atoms. The molecular formula is C14H17BrCl2N4. The lowest BCUT2D eigenvalue weighted by Crippen LogP contribution is -2.30. The van der Waals surface area contributed by atoms with Crippen molar-refractivity contribution < 1.29 is 0 Å². The Bertz CT molecular complexity index is 642. The molecule has 0 spiro atoms. The third kappa shape index (κ3) is 3.60. The van der Waals surface area contributed by atoms with Crippen LogP contribution >= 0.6 is 39.1 Å². The number of aryl methyl sites for hydroxylation is 2. The summed E-state index contributed by atoms with van der Waals surface area (Å²) in [6.07, 6.45) is 1.41. The van der Waals surface area contributed by atoms with Gasteiger partial charge in [0.25, 0.3) is 0 Å². The van der Waals surface area contributed by atoms with Crippen molar-refractivity contribution in [2.24, 2.45) is 12.9 Å². The van der Waals surface area contributed by atoms with Gasteiger partial charge in [-0.25, -0.2) is 0 Å². The van der Waals surface area contributed by atoms with Crippen molar-refractivity contribution in [3.05, 3.63) is 49.7 Å². The standard InChI is InChI=1S/C14H17BrCl2N4/c1-3-11-14(17)13(21(2)20-11)7-12(19-18)9-5-4-8(15)6-10(9)16/h4-6,12,19H,3,7,18H2,1-2H3. The van der Waals surface area contributed by atoms with Gasteiger partial charge < -0.3 is 0 Å². The number of halogens is 3. The molecule has 0 amide bonds. The number of hydrogen-bond donors (Lipinski definition) is 2. The third-order valence-corrected chi connectivity index (χ3v) is 4.70. The Hall–Kier alpha value is -0.590. The highest BCUT2D eigenvalue weighted by Gasteiger charge is 2.20. The highest BCUT2D eigenvalue weighted by molar-refractivity contribution is 9.10. The lowest BCUT2D eigenvalue weighted by Gasteiger charge is -2.18. The summed E-state index contributed by atoms with van der Waals surface area (Å²) in [5.41, 5.74) is 5.57. The van der Waals surface area contributed by atoms with E-state index in [9.17, 15) is 0 Å². The molecule has 0 bridgehead atoms. The molecular weight excluding hydrogens is 375 g/mol. The molecule has 114 valence electrons. The molecule has 0 fully saturated rings. The number of hydrogen-bond acceptors (Lipinski definition) is 3. The zero-order valence-electron chi connectivity index (χ0n) is 11.8. The number of nitrogens with one attached hydrogen (secondary N) is 1. The zero-order chi connectivity index (χ0) is 15.6. The third-order valence-electron chi connectivity index (χ3n) is 3.44. The maximum absolute atomic E-state index is 6.39. The van der Waals surface area contributed by atoms with Crippen molar-refractivity contribution in [1.82, 2.24) is 15.2 Å². The first kappa shape index (κ1) is 16.8. The molecule has 2 aromatic rings. The molecule has 0 aliphatic heterocycles. The Labute approximate surface area is 142 Å². The molecule has 0 aliphatic rings. The van der Waals surface area contributed by atoms with E-state index in [1.54, 1.807) is 4.68 Å². The van der Waals surface area contributed by atoms with Gasteiger partial charge in [-0.05, 0) is 24.1 Å². The number of nitrogens with zero attached hydrogens (tertiary/aromatic N) is 2. The molecule has 7 heteroatoms. The van der Waals surface area contributed by atoms with Crippen LogP contribution in [0.25, 0.3) is 0 Å². The zero-order valence-corrected chi connectivity index (χ0v) is 14.9. The Kier molecular flexibility index (Phi) is 5.68. The van der Waals surface area contributed by atoms with E-state index in [0.717, 1.165) is 27.8 Å². The first-order valence-electron chi connectivity index (χ1n) is 6.59. The highest BCUT2D eigenvalue weighted by atomic mass is 79.9. The average Bonchev–Trinajstić information content (AvgIpc) is 2.72. The molecule has 0 radical (unpaired) electrons. The summed E-state index contributed by atoms with van der Waals surface area (Å²) in [4.78, 5) is 0. The summed E-state index contributed by atoms with van der Waals surface area (Å²) in [5.74, 6) is 5.71. The fourth-order valence-corrected chi connectivity index (χ4v) is 3.45. The monoisotopic (exact) mass is 390 g/mol. The minimum Gasteiger partial charge on any atom is -0.271 e. The molecule has 1 unspecified atom stereocenters. The van der Waals surface area contributed by atoms with E-state index in [2.05, 4.69) is 26.5 Å². The average molecular weight is 392 g/mol. The molecule has 1 aromatic carbocycles. The number of nitrogens with two attached hydrogens (primary N) is 1. The number of benzene rings is 1. The van der Waals surface area contributed by atoms with Crippen LogP contribution in [-0.2, 0) is 19.9 Å². The summed E-state index contributed by atoms with van der Waals surface area (Å²) < 4.78 is 2.73. The Morgan fingerprint density at radius 3 is 2.67 bits per heavy atom. The van der Waals surface area contributed by atoms with Crippen LogP contribution in [0.3, 0.4) is 0 Å². The summed E-state index contributed by atoms with van der Waals surface area (Å²) >= 11 is 16.1. The van der Waals surface area contributed by atoms with Crippen molar-refractivity contribution in [3.63, 3.8) is 0 Å². The number of hydrazine groups is 1. The molecule has 1 atom stereocenters. The fourth-order valence-electron chi connectivity index (χ4n) is 2.28. The Morgan fingerprint density at radius 2 is 2.14 bits per heavy atom. The molecule has 1 heterocycles. The van der Waals surface area contributed by atoms with Crippen molar-refractivity contribution in [2.45, 2.75) is 25.8 Å². The van der Waals surface area contributed by atoms with Crippen molar-refractivity contribution in [2.75, 3.05) is 0 Å². The van der Waals surface area contributed by atoms with Gasteiger partial charge in [0.15, 0.2) is 0 Å². The maximum atomic E-state index is 6.39. The summed E-state index contributed by atoms with van der Waals surface area (Å²) in [6, 6.07) is 5.60. The van der Waals surface area contributed by atoms with Gasteiger partial charge in [-0.1, -0.05) is 52.1 Å². The van der Waals surface area contributed by atoms with Crippen LogP contribution in [0.4, 0.5) is 0 Å². The first-order chi connectivity index (χ1) is 9.97. The van der Waals surface area contributed by atoms with Gasteiger partial charge in [-0.3, -0.25) is 16.0 Å². The van der Waals surface area contributed by atoms with Crippen molar-refractivity contribution in [3.8, 4) is 0 Å². The van der Waals surface area contributed by atoms with Gasteiger partial charge in [-0.15, -0.1) is 0 Å². The Balaban J connectivity index is 2.33. The molecule has 0 aliphatic carbocycles. The second-order valence-corrected chi connectivity index (χ2v) is 6.47. The van der Waals surface area contributed by atoms with Gasteiger partial charge in [0.1, 0.15) is 0 Å². The smallest absolute Gasteiger partial charge is 0.0850 e. The minimum absolute atomic E-state index is 0.136. The predicted octanol–water partition coefficient (Wildman–Crippen LogP) is 3.80. The molecule has 2 rings (SSSR count). The number of rotatable bonds is 5. The molecule has 4 nitrogen and oxygen atoms in total. The van der Waals surface area contributed by atoms with Gasteiger partial charge in [0.05, 0.1) is 22.5 Å². The summed E-state index contributed by atoms with van der Waals surface area (Å²) in [5, 5.41) is 5.78. The van der Waals surface area contributed by atoms with E-state index in [-0.39, 0.29) is 6.04 Å². The lowest BCUT2D eigenvalue weighted by atomic mass is 10.0. The quantitative estimate of drug-likeness (QED) is 0.602. The summed E-state index contributed by atoms with van der Waals surface area (Å²) in [6.45, 7) is 2.03. The number of aromatic nitrogens is 2. The van der Waals surface area contributed by atoms with Crippen molar-refractivity contribution in [1.29, 1.82) is 0 Å². The van der Waals surface area contributed by atoms with E-state index in [0.29, 0.717) is 16.5 Å². The van der Waals surface area contributed by atoms with Gasteiger partial charge >= 0.3 is 0 Å². The highest BCUT2D eigenvalue weighted by Crippen LogP contribution is 2.30. The molecule has 1 aromatic heterocycles. The van der Waals surface area contributed by atoms with E-state index in [1.807, 2.05) is 32.2 Å². The van der Waals surface area contributed by atoms with Gasteiger partial charge in [-0.2, -0.15) is 5.10 Å². The largest absolute Gasteiger partial charge is 0.271 e. The molecule has 0 saturated heterocycles. The van der Waals surface area contributed by atoms with Crippen LogP contribution in [0, 0.1) is 0 Å². The minimum atomic E-state index is -0.136. The van der Waals surface area contributed by atoms with Crippen LogP contribution in [-0.4, -0.2) is 9.78 Å². The Morgan fingerprint density at radius 1 is 1.43 bits per heavy atom. The second kappa shape index (κ2) is 7.11. The molecule has 0 saturated carbocycles. The first-order valence-corrected chi connectivity index (χ1v) is 8.14. The SMILES string of the molecule is CCc1nn(C)c(CC(NN)c2ccc(Br)cc2Cl)c1Cl. The topological polar surface area (TPSA) is 55.9 Å². The summed E-state index contributed by atoms with van der Waals surface area (Å²) in [7, 11) is 1.89. The lowest BCUT2D eigenvalue weighted by molar-refractivity contribution is 0.530. The van der Waals surface area contributed by atoms with Crippen LogP contribution < -0.4 is 11.3 Å². The van der Waals surface area contributed by atoms with Crippen LogP contribution in [0.5, 0.6) is 0 Å². The van der Waals surface area contributed by atoms with Crippen LogP contribution in [0.2, 0.25) is 10.0 Å². The van der Waals surface area contributed by atoms with Crippen LogP contribution in [0.15, 0.2) is 22.7 Å². The van der Waals surface area contributed by atoms with Gasteiger partial charge in [0, 0.05) is 23.0 Å². The van der Waals surface area contributed by atoms with Crippen LogP contribution in [0.1, 0.15) is 29.9 Å². The predicted molar refractivity (Wildman–Crippen MR) is 90.5 cm³/mol.